The lowest BCUT2D eigenvalue weighted by Crippen LogP contribution is -2.49. The molecule has 18 heavy (non-hydrogen) atoms. The Morgan fingerprint density at radius 3 is 2.72 bits per heavy atom. The summed E-state index contributed by atoms with van der Waals surface area (Å²) in [6.07, 6.45) is 1.40. The predicted octanol–water partition coefficient (Wildman–Crippen LogP) is 2.23. The van der Waals surface area contributed by atoms with Gasteiger partial charge in [0.15, 0.2) is 0 Å². The van der Waals surface area contributed by atoms with Crippen molar-refractivity contribution in [1.29, 1.82) is 0 Å². The number of rotatable bonds is 2. The minimum absolute atomic E-state index is 0.0217. The van der Waals surface area contributed by atoms with Crippen LogP contribution in [0.15, 0.2) is 37.0 Å². The number of aliphatic hydroxyl groups excluding tert-OH is 1. The Morgan fingerprint density at radius 1 is 1.61 bits per heavy atom. The highest BCUT2D eigenvalue weighted by molar-refractivity contribution is 5.91. The van der Waals surface area contributed by atoms with Gasteiger partial charge in [-0.1, -0.05) is 31.7 Å². The van der Waals surface area contributed by atoms with E-state index < -0.39 is 12.1 Å². The van der Waals surface area contributed by atoms with Crippen LogP contribution in [-0.2, 0) is 9.53 Å². The van der Waals surface area contributed by atoms with Crippen LogP contribution in [0, 0.1) is 17.3 Å². The molecule has 1 aliphatic carbocycles. The molecule has 98 valence electrons. The van der Waals surface area contributed by atoms with Crippen LogP contribution in [0.1, 0.15) is 20.3 Å². The van der Waals surface area contributed by atoms with Crippen molar-refractivity contribution >= 4 is 5.97 Å². The quantitative estimate of drug-likeness (QED) is 0.463. The van der Waals surface area contributed by atoms with E-state index in [1.807, 2.05) is 19.9 Å². The molecule has 2 rings (SSSR count). The van der Waals surface area contributed by atoms with E-state index in [0.29, 0.717) is 12.0 Å². The van der Waals surface area contributed by atoms with Gasteiger partial charge in [-0.2, -0.15) is 0 Å². The van der Waals surface area contributed by atoms with Gasteiger partial charge >= 0.3 is 5.97 Å². The van der Waals surface area contributed by atoms with Crippen molar-refractivity contribution in [2.24, 2.45) is 17.3 Å². The number of hydrogen-bond donors (Lipinski definition) is 1. The summed E-state index contributed by atoms with van der Waals surface area (Å²) in [5.41, 5.74) is 1.02. The lowest BCUT2D eigenvalue weighted by atomic mass is 9.59. The Morgan fingerprint density at radius 2 is 2.22 bits per heavy atom. The van der Waals surface area contributed by atoms with Crippen molar-refractivity contribution in [3.8, 4) is 0 Å². The molecule has 0 amide bonds. The molecule has 0 aromatic heterocycles. The summed E-state index contributed by atoms with van der Waals surface area (Å²) >= 11 is 0. The molecule has 1 aliphatic heterocycles. The second kappa shape index (κ2) is 4.09. The van der Waals surface area contributed by atoms with Crippen LogP contribution in [0.25, 0.3) is 0 Å². The fraction of sp³-hybridized carbons (Fsp3) is 0.533. The van der Waals surface area contributed by atoms with Crippen LogP contribution in [0.5, 0.6) is 0 Å². The van der Waals surface area contributed by atoms with Crippen LogP contribution < -0.4 is 0 Å². The minimum atomic E-state index is -0.618. The van der Waals surface area contributed by atoms with Gasteiger partial charge in [0.25, 0.3) is 0 Å². The van der Waals surface area contributed by atoms with Gasteiger partial charge in [-0.15, -0.1) is 6.58 Å². The number of allylic oxidation sites excluding steroid dienone is 1. The molecule has 1 N–H and O–H groups in total. The smallest absolute Gasteiger partial charge is 0.334 e. The van der Waals surface area contributed by atoms with Gasteiger partial charge in [-0.05, 0) is 18.8 Å². The molecule has 0 unspecified atom stereocenters. The first-order valence-electron chi connectivity index (χ1n) is 6.18. The Hall–Kier alpha value is -1.35. The Bertz CT molecular complexity index is 437. The zero-order chi connectivity index (χ0) is 13.7. The van der Waals surface area contributed by atoms with Gasteiger partial charge in [0.2, 0.25) is 0 Å². The summed E-state index contributed by atoms with van der Waals surface area (Å²) in [6, 6.07) is 0. The van der Waals surface area contributed by atoms with Gasteiger partial charge in [0.05, 0.1) is 12.0 Å². The van der Waals surface area contributed by atoms with E-state index in [9.17, 15) is 9.90 Å². The average molecular weight is 248 g/mol. The van der Waals surface area contributed by atoms with Gasteiger partial charge in [-0.25, -0.2) is 4.79 Å². The molecule has 5 atom stereocenters. The van der Waals surface area contributed by atoms with Crippen LogP contribution in [-0.4, -0.2) is 23.3 Å². The molecule has 1 saturated heterocycles. The van der Waals surface area contributed by atoms with Crippen LogP contribution in [0.4, 0.5) is 0 Å². The summed E-state index contributed by atoms with van der Waals surface area (Å²) in [4.78, 5) is 11.7. The van der Waals surface area contributed by atoms with E-state index in [1.165, 1.54) is 0 Å². The number of esters is 1. The number of carbonyl (C=O) groups is 1. The normalized spacial score (nSPS) is 43.3. The highest BCUT2D eigenvalue weighted by Crippen LogP contribution is 2.52. The summed E-state index contributed by atoms with van der Waals surface area (Å²) in [6.45, 7) is 15.6. The third kappa shape index (κ3) is 1.65. The number of fused-ring (bicyclic) bond motifs is 1. The van der Waals surface area contributed by atoms with E-state index in [2.05, 4.69) is 19.7 Å². The van der Waals surface area contributed by atoms with Crippen LogP contribution in [0.2, 0.25) is 0 Å². The summed E-state index contributed by atoms with van der Waals surface area (Å²) in [5.74, 6) is -0.734. The van der Waals surface area contributed by atoms with Gasteiger partial charge in [-0.3, -0.25) is 0 Å². The molecule has 3 nitrogen and oxygen atoms in total. The lowest BCUT2D eigenvalue weighted by molar-refractivity contribution is -0.145. The highest BCUT2D eigenvalue weighted by atomic mass is 16.6. The largest absolute Gasteiger partial charge is 0.458 e. The maximum atomic E-state index is 11.7. The number of aliphatic hydroxyl groups is 1. The minimum Gasteiger partial charge on any atom is -0.458 e. The Labute approximate surface area is 108 Å². The number of hydrogen-bond acceptors (Lipinski definition) is 3. The van der Waals surface area contributed by atoms with Crippen molar-refractivity contribution in [2.45, 2.75) is 32.5 Å². The van der Waals surface area contributed by atoms with Gasteiger partial charge in [0.1, 0.15) is 6.10 Å². The van der Waals surface area contributed by atoms with Crippen molar-refractivity contribution < 1.29 is 14.6 Å². The third-order valence-electron chi connectivity index (χ3n) is 4.36. The summed E-state index contributed by atoms with van der Waals surface area (Å²) in [5, 5.41) is 10.3. The summed E-state index contributed by atoms with van der Waals surface area (Å²) < 4.78 is 5.41. The number of carbonyl (C=O) groups excluding carboxylic acids is 1. The van der Waals surface area contributed by atoms with Crippen molar-refractivity contribution in [1.82, 2.24) is 0 Å². The van der Waals surface area contributed by atoms with E-state index in [1.54, 1.807) is 0 Å². The first-order valence-corrected chi connectivity index (χ1v) is 6.18. The second-order valence-corrected chi connectivity index (χ2v) is 5.73. The molecule has 2 aliphatic rings. The SMILES string of the molecule is C=C[C@]1(C)C[C@H](O)[C@@H]2C(=C)C(=O)O[C@@H]2[C@H]1C(=C)C. The number of ether oxygens (including phenoxy) is 1. The van der Waals surface area contributed by atoms with E-state index in [4.69, 9.17) is 4.74 Å². The molecular weight excluding hydrogens is 228 g/mol. The molecule has 3 heteroatoms. The Kier molecular flexibility index (Phi) is 2.98. The van der Waals surface area contributed by atoms with Gasteiger partial charge < -0.3 is 9.84 Å². The molecule has 1 heterocycles. The molecule has 0 bridgehead atoms. The van der Waals surface area contributed by atoms with E-state index >= 15 is 0 Å². The van der Waals surface area contributed by atoms with E-state index in [0.717, 1.165) is 5.57 Å². The first-order chi connectivity index (χ1) is 8.31. The predicted molar refractivity (Wildman–Crippen MR) is 69.7 cm³/mol. The van der Waals surface area contributed by atoms with Crippen LogP contribution in [0.3, 0.4) is 0 Å². The standard InChI is InChI=1S/C15H20O3/c1-6-15(5)7-10(16)11-9(4)14(17)18-13(11)12(15)8(2)3/h6,10-13,16H,1-2,4,7H2,3,5H3/t10-,11-,12+,13-,15+/m0/s1. The van der Waals surface area contributed by atoms with Crippen LogP contribution >= 0.6 is 0 Å². The molecule has 2 fully saturated rings. The second-order valence-electron chi connectivity index (χ2n) is 5.73. The molecule has 0 aromatic rings. The van der Waals surface area contributed by atoms with Gasteiger partial charge in [0, 0.05) is 11.5 Å². The average Bonchev–Trinajstić information content (AvgIpc) is 2.54. The Balaban J connectivity index is 2.47. The molecule has 0 radical (unpaired) electrons. The zero-order valence-corrected chi connectivity index (χ0v) is 11.0. The third-order valence-corrected chi connectivity index (χ3v) is 4.36. The molecule has 0 spiro atoms. The highest BCUT2D eigenvalue weighted by Gasteiger charge is 2.56. The molecule has 0 aromatic carbocycles. The summed E-state index contributed by atoms with van der Waals surface area (Å²) in [7, 11) is 0. The maximum Gasteiger partial charge on any atom is 0.334 e. The monoisotopic (exact) mass is 248 g/mol. The lowest BCUT2D eigenvalue weighted by Gasteiger charge is -2.47. The zero-order valence-electron chi connectivity index (χ0n) is 11.0. The maximum absolute atomic E-state index is 11.7. The van der Waals surface area contributed by atoms with Crippen molar-refractivity contribution in [3.63, 3.8) is 0 Å². The van der Waals surface area contributed by atoms with Crippen molar-refractivity contribution in [3.05, 3.63) is 37.0 Å². The first kappa shape index (κ1) is 13.1. The fourth-order valence-corrected chi connectivity index (χ4v) is 3.47. The molecular formula is C15H20O3. The fourth-order valence-electron chi connectivity index (χ4n) is 3.47. The molecule has 1 saturated carbocycles. The van der Waals surface area contributed by atoms with Crippen molar-refractivity contribution in [2.75, 3.05) is 0 Å². The van der Waals surface area contributed by atoms with E-state index in [-0.39, 0.29) is 23.4 Å². The topological polar surface area (TPSA) is 46.5 Å².